The van der Waals surface area contributed by atoms with Gasteiger partial charge in [-0.25, -0.2) is 0 Å². The third-order valence-corrected chi connectivity index (χ3v) is 6.61. The van der Waals surface area contributed by atoms with Crippen LogP contribution in [0.25, 0.3) is 62.0 Å². The van der Waals surface area contributed by atoms with Crippen molar-refractivity contribution < 1.29 is 6.85 Å². The van der Waals surface area contributed by atoms with Crippen LogP contribution in [0.1, 0.15) is 12.4 Å². The van der Waals surface area contributed by atoms with Crippen molar-refractivity contribution in [1.82, 2.24) is 0 Å². The van der Waals surface area contributed by atoms with Gasteiger partial charge < -0.3 is 0 Å². The Morgan fingerprint density at radius 2 is 1.08 bits per heavy atom. The van der Waals surface area contributed by atoms with E-state index in [-0.39, 0.29) is 29.7 Å². The van der Waals surface area contributed by atoms with Crippen LogP contribution in [0, 0.1) is 0 Å². The van der Waals surface area contributed by atoms with E-state index in [1.165, 1.54) is 0 Å². The smallest absolute Gasteiger partial charge is 0.0629 e. The summed E-state index contributed by atoms with van der Waals surface area (Å²) in [5.41, 5.74) is 4.78. The summed E-state index contributed by atoms with van der Waals surface area (Å²) in [6.45, 7) is 8.39. The first kappa shape index (κ1) is 16.9. The van der Waals surface area contributed by atoms with Crippen LogP contribution in [0.5, 0.6) is 0 Å². The van der Waals surface area contributed by atoms with E-state index in [9.17, 15) is 0 Å². The Labute approximate surface area is 218 Å². The lowest BCUT2D eigenvalue weighted by atomic mass is 9.86. The Kier molecular flexibility index (Phi) is 4.29. The normalized spacial score (nSPS) is 13.7. The Bertz CT molecular complexity index is 2040. The van der Waals surface area contributed by atoms with Gasteiger partial charge in [-0.05, 0) is 71.4 Å². The summed E-state index contributed by atoms with van der Waals surface area (Å²) >= 11 is 0. The number of benzene rings is 6. The van der Waals surface area contributed by atoms with Crippen molar-refractivity contribution >= 4 is 39.8 Å². The second kappa shape index (κ2) is 9.17. The molecule has 0 spiro atoms. The molecule has 0 fully saturated rings. The second-order valence-electron chi connectivity index (χ2n) is 8.79. The van der Waals surface area contributed by atoms with E-state index in [0.717, 1.165) is 54.2 Å². The maximum atomic E-state index is 8.71. The van der Waals surface area contributed by atoms with Gasteiger partial charge in [-0.1, -0.05) is 140 Å². The molecule has 0 unspecified atom stereocenters. The highest BCUT2D eigenvalue weighted by molar-refractivity contribution is 6.21. The van der Waals surface area contributed by atoms with Gasteiger partial charge in [-0.15, -0.1) is 0 Å². The van der Waals surface area contributed by atoms with Crippen molar-refractivity contribution in [1.29, 1.82) is 0 Å². The molecule has 0 saturated heterocycles. The van der Waals surface area contributed by atoms with E-state index in [1.807, 2.05) is 78.9 Å². The van der Waals surface area contributed by atoms with Gasteiger partial charge in [0.25, 0.3) is 0 Å². The molecular weight excluding hydrogens is 432 g/mol. The van der Waals surface area contributed by atoms with Crippen LogP contribution < -0.4 is 10.4 Å². The van der Waals surface area contributed by atoms with E-state index in [0.29, 0.717) is 5.56 Å². The summed E-state index contributed by atoms with van der Waals surface area (Å²) in [5.74, 6) is 0. The van der Waals surface area contributed by atoms with Gasteiger partial charge in [0.05, 0.1) is 6.85 Å². The molecule has 170 valence electrons. The van der Waals surface area contributed by atoms with Crippen LogP contribution in [0.2, 0.25) is 0 Å². The zero-order valence-corrected chi connectivity index (χ0v) is 19.7. The summed E-state index contributed by atoms with van der Waals surface area (Å²) < 4.78 is 42.1. The second-order valence-corrected chi connectivity index (χ2v) is 8.79. The fraction of sp³-hybridized carbons (Fsp3) is 0. The Morgan fingerprint density at radius 3 is 1.64 bits per heavy atom. The van der Waals surface area contributed by atoms with Crippen LogP contribution in [-0.4, -0.2) is 0 Å². The maximum absolute atomic E-state index is 8.71. The average Bonchev–Trinajstić information content (AvgIpc) is 3.00. The number of rotatable bonds is 4. The fourth-order valence-corrected chi connectivity index (χ4v) is 4.88. The number of hydrogen-bond donors (Lipinski definition) is 0. The lowest BCUT2D eigenvalue weighted by Crippen LogP contribution is -2.21. The molecule has 0 heterocycles. The minimum Gasteiger partial charge on any atom is -0.0912 e. The van der Waals surface area contributed by atoms with Crippen molar-refractivity contribution in [3.8, 4) is 22.3 Å². The summed E-state index contributed by atoms with van der Waals surface area (Å²) in [6.07, 6.45) is 2.04. The number of fused-ring (bicyclic) bond motifs is 2. The third-order valence-electron chi connectivity index (χ3n) is 6.61. The van der Waals surface area contributed by atoms with Crippen molar-refractivity contribution in [2.45, 2.75) is 0 Å². The predicted molar refractivity (Wildman–Crippen MR) is 157 cm³/mol. The van der Waals surface area contributed by atoms with Crippen molar-refractivity contribution in [3.63, 3.8) is 0 Å². The Morgan fingerprint density at radius 1 is 0.583 bits per heavy atom. The van der Waals surface area contributed by atoms with Crippen LogP contribution in [0.3, 0.4) is 0 Å². The minimum atomic E-state index is -0.397. The SMILES string of the molecule is [2H]c1c([2H])c([2H])c(-c2c3ccccc3c(-c3ccc(C(=C)/C=c4/ccccc4=C)cc3)c3ccccc23)c([2H])c1[2H]. The topological polar surface area (TPSA) is 0 Å². The highest BCUT2D eigenvalue weighted by atomic mass is 14.2. The lowest BCUT2D eigenvalue weighted by Gasteiger charge is -2.18. The van der Waals surface area contributed by atoms with Crippen LogP contribution in [-0.2, 0) is 0 Å². The highest BCUT2D eigenvalue weighted by Gasteiger charge is 2.16. The molecule has 0 aliphatic carbocycles. The summed E-state index contributed by atoms with van der Waals surface area (Å²) in [6, 6.07) is 30.5. The highest BCUT2D eigenvalue weighted by Crippen LogP contribution is 2.43. The van der Waals surface area contributed by atoms with Gasteiger partial charge in [0.15, 0.2) is 0 Å². The molecule has 36 heavy (non-hydrogen) atoms. The maximum Gasteiger partial charge on any atom is 0.0629 e. The first-order valence-electron chi connectivity index (χ1n) is 14.3. The summed E-state index contributed by atoms with van der Waals surface area (Å²) in [7, 11) is 0. The first-order valence-corrected chi connectivity index (χ1v) is 11.8. The van der Waals surface area contributed by atoms with Gasteiger partial charge in [-0.2, -0.15) is 0 Å². The van der Waals surface area contributed by atoms with E-state index in [4.69, 9.17) is 6.85 Å². The Hall–Kier alpha value is -4.68. The monoisotopic (exact) mass is 463 g/mol. The summed E-state index contributed by atoms with van der Waals surface area (Å²) in [5, 5.41) is 5.51. The molecule has 6 aromatic rings. The molecule has 0 aliphatic rings. The van der Waals surface area contributed by atoms with Gasteiger partial charge in [0.1, 0.15) is 0 Å². The van der Waals surface area contributed by atoms with Gasteiger partial charge in [-0.3, -0.25) is 0 Å². The molecule has 0 aromatic heterocycles. The van der Waals surface area contributed by atoms with Gasteiger partial charge >= 0.3 is 0 Å². The average molecular weight is 464 g/mol. The molecule has 0 nitrogen and oxygen atoms in total. The Balaban J connectivity index is 1.60. The molecule has 0 N–H and O–H groups in total. The van der Waals surface area contributed by atoms with E-state index >= 15 is 0 Å². The molecule has 6 aromatic carbocycles. The lowest BCUT2D eigenvalue weighted by molar-refractivity contribution is 1.53. The fourth-order valence-electron chi connectivity index (χ4n) is 4.88. The van der Waals surface area contributed by atoms with E-state index in [2.05, 4.69) is 37.4 Å². The van der Waals surface area contributed by atoms with E-state index in [1.54, 1.807) is 0 Å². The van der Waals surface area contributed by atoms with Crippen molar-refractivity contribution in [2.75, 3.05) is 0 Å². The van der Waals surface area contributed by atoms with Gasteiger partial charge in [0, 0.05) is 0 Å². The molecule has 0 heteroatoms. The molecule has 0 amide bonds. The zero-order chi connectivity index (χ0) is 28.8. The quantitative estimate of drug-likeness (QED) is 0.231. The molecule has 0 saturated carbocycles. The third kappa shape index (κ3) is 3.83. The van der Waals surface area contributed by atoms with Crippen LogP contribution >= 0.6 is 0 Å². The van der Waals surface area contributed by atoms with E-state index < -0.39 is 6.04 Å². The predicted octanol–water partition coefficient (Wildman–Crippen LogP) is 8.23. The molecule has 0 bridgehead atoms. The van der Waals surface area contributed by atoms with Crippen LogP contribution in [0.4, 0.5) is 0 Å². The molecule has 0 aliphatic heterocycles. The van der Waals surface area contributed by atoms with Gasteiger partial charge in [0.2, 0.25) is 0 Å². The number of hydrogen-bond acceptors (Lipinski definition) is 0. The largest absolute Gasteiger partial charge is 0.0912 e. The molecular formula is C36H26. The summed E-state index contributed by atoms with van der Waals surface area (Å²) in [4.78, 5) is 0. The zero-order valence-electron chi connectivity index (χ0n) is 24.7. The minimum absolute atomic E-state index is 0.206. The molecule has 0 atom stereocenters. The standard InChI is InChI=1S/C36H26/c1-25-12-6-7-15-30(25)24-26(2)27-20-22-29(23-21-27)36-33-18-10-8-16-31(33)35(28-13-4-3-5-14-28)32-17-9-11-19-34(32)36/h3-24H,1-2H2/b30-24-/i3D,4D,5D,13D,14D. The number of allylic oxidation sites excluding steroid dienone is 1. The first-order chi connectivity index (χ1) is 19.8. The molecule has 6 rings (SSSR count). The van der Waals surface area contributed by atoms with Crippen molar-refractivity contribution in [2.24, 2.45) is 0 Å². The molecule has 0 radical (unpaired) electrons. The van der Waals surface area contributed by atoms with Crippen LogP contribution in [0.15, 0.2) is 134 Å². The van der Waals surface area contributed by atoms with Crippen molar-refractivity contribution in [3.05, 3.63) is 150 Å².